The third kappa shape index (κ3) is 41.3. The van der Waals surface area contributed by atoms with Gasteiger partial charge in [-0.2, -0.15) is 0 Å². The molecule has 5 heteroatoms. The molecule has 0 aromatic carbocycles. The first kappa shape index (κ1) is 50.5. The molecule has 50 heavy (non-hydrogen) atoms. The topological polar surface area (TPSA) is 35.5 Å². The standard InChI is InChI=1S/C45H93O3PS/c1-4-7-10-13-16-19-22-25-28-31-34-37-40-43-47-49(46,48-44-41-38-35-32-29-26-23-20-17-14-11-8-5-2)50-45-42-39-36-33-30-27-24-21-18-15-12-9-6-3/h4-45H2,1-3H3. The molecule has 0 aromatic rings. The Morgan fingerprint density at radius 2 is 0.500 bits per heavy atom. The molecular formula is C45H93O3PS. The van der Waals surface area contributed by atoms with Gasteiger partial charge in [-0.25, -0.2) is 4.57 Å². The molecule has 0 bridgehead atoms. The normalized spacial score (nSPS) is 12.0. The van der Waals surface area contributed by atoms with E-state index < -0.39 is 6.80 Å². The van der Waals surface area contributed by atoms with Crippen LogP contribution >= 0.6 is 18.2 Å². The first-order valence-electron chi connectivity index (χ1n) is 23.2. The van der Waals surface area contributed by atoms with E-state index in [1.807, 2.05) is 0 Å². The van der Waals surface area contributed by atoms with E-state index in [2.05, 4.69) is 20.8 Å². The zero-order chi connectivity index (χ0) is 36.3. The summed E-state index contributed by atoms with van der Waals surface area (Å²) in [5.41, 5.74) is 0. The van der Waals surface area contributed by atoms with Crippen molar-refractivity contribution in [3.8, 4) is 0 Å². The molecule has 0 rings (SSSR count). The average molecular weight is 745 g/mol. The molecule has 0 atom stereocenters. The smallest absolute Gasteiger partial charge is 0.301 e. The van der Waals surface area contributed by atoms with Gasteiger partial charge in [-0.05, 0) is 30.6 Å². The zero-order valence-corrected chi connectivity index (χ0v) is 36.5. The Bertz CT molecular complexity index is 575. The van der Waals surface area contributed by atoms with Gasteiger partial charge in [0.25, 0.3) is 0 Å². The van der Waals surface area contributed by atoms with Crippen molar-refractivity contribution in [2.24, 2.45) is 0 Å². The van der Waals surface area contributed by atoms with Gasteiger partial charge in [-0.1, -0.05) is 252 Å². The monoisotopic (exact) mass is 745 g/mol. The van der Waals surface area contributed by atoms with Gasteiger partial charge >= 0.3 is 6.80 Å². The third-order valence-electron chi connectivity index (χ3n) is 10.5. The predicted octanol–water partition coefficient (Wildman–Crippen LogP) is 18.1. The molecule has 0 aliphatic carbocycles. The number of hydrogen-bond acceptors (Lipinski definition) is 4. The van der Waals surface area contributed by atoms with Gasteiger partial charge in [-0.15, -0.1) is 0 Å². The Morgan fingerprint density at radius 3 is 0.740 bits per heavy atom. The largest absolute Gasteiger partial charge is 0.389 e. The Kier molecular flexibility index (Phi) is 44.3. The molecule has 302 valence electrons. The van der Waals surface area contributed by atoms with Crippen LogP contribution in [0.2, 0.25) is 0 Å². The molecule has 0 unspecified atom stereocenters. The summed E-state index contributed by atoms with van der Waals surface area (Å²) in [6, 6.07) is 0. The summed E-state index contributed by atoms with van der Waals surface area (Å²) in [5.74, 6) is 0.895. The summed E-state index contributed by atoms with van der Waals surface area (Å²) in [7, 11) is 0. The van der Waals surface area contributed by atoms with E-state index >= 15 is 0 Å². The SMILES string of the molecule is CCCCCCCCCCCCCCCOP(=O)(OCCCCCCCCCCCCCCC)SCCCCCCCCCCCCCCC. The van der Waals surface area contributed by atoms with Gasteiger partial charge in [0.2, 0.25) is 0 Å². The van der Waals surface area contributed by atoms with Gasteiger partial charge in [0, 0.05) is 5.75 Å². The van der Waals surface area contributed by atoms with E-state index in [1.54, 1.807) is 0 Å². The quantitative estimate of drug-likeness (QED) is 0.0459. The van der Waals surface area contributed by atoms with E-state index in [9.17, 15) is 4.57 Å². The summed E-state index contributed by atoms with van der Waals surface area (Å²) < 4.78 is 25.8. The minimum atomic E-state index is -3.06. The van der Waals surface area contributed by atoms with E-state index in [0.717, 1.165) is 25.0 Å². The highest BCUT2D eigenvalue weighted by atomic mass is 32.7. The summed E-state index contributed by atoms with van der Waals surface area (Å²) in [6.07, 6.45) is 52.5. The van der Waals surface area contributed by atoms with Crippen molar-refractivity contribution in [1.29, 1.82) is 0 Å². The summed E-state index contributed by atoms with van der Waals surface area (Å²) in [5, 5.41) is 0. The summed E-state index contributed by atoms with van der Waals surface area (Å²) in [4.78, 5) is 0. The van der Waals surface area contributed by atoms with Gasteiger partial charge in [0.15, 0.2) is 0 Å². The highest BCUT2D eigenvalue weighted by Crippen LogP contribution is 2.61. The van der Waals surface area contributed by atoms with Crippen LogP contribution in [0, 0.1) is 0 Å². The third-order valence-corrected chi connectivity index (χ3v) is 14.4. The molecule has 0 heterocycles. The minimum absolute atomic E-state index is 0.583. The Hall–Kier alpha value is 0.500. The fourth-order valence-electron chi connectivity index (χ4n) is 7.00. The molecule has 0 saturated carbocycles. The average Bonchev–Trinajstić information content (AvgIpc) is 3.12. The molecule has 3 nitrogen and oxygen atoms in total. The van der Waals surface area contributed by atoms with Crippen molar-refractivity contribution in [2.45, 2.75) is 271 Å². The molecular weight excluding hydrogens is 652 g/mol. The van der Waals surface area contributed by atoms with E-state index in [1.165, 1.54) is 243 Å². The highest BCUT2D eigenvalue weighted by Gasteiger charge is 2.25. The van der Waals surface area contributed by atoms with Crippen molar-refractivity contribution in [3.63, 3.8) is 0 Å². The van der Waals surface area contributed by atoms with Crippen molar-refractivity contribution in [1.82, 2.24) is 0 Å². The molecule has 0 fully saturated rings. The van der Waals surface area contributed by atoms with Crippen molar-refractivity contribution >= 4 is 18.2 Å². The van der Waals surface area contributed by atoms with Crippen LogP contribution in [0.3, 0.4) is 0 Å². The van der Waals surface area contributed by atoms with Crippen LogP contribution in [-0.4, -0.2) is 19.0 Å². The number of hydrogen-bond donors (Lipinski definition) is 0. The van der Waals surface area contributed by atoms with Crippen LogP contribution in [0.1, 0.15) is 271 Å². The lowest BCUT2D eigenvalue weighted by Crippen LogP contribution is -1.99. The summed E-state index contributed by atoms with van der Waals surface area (Å²) in [6.45, 7) is 4.99. The number of unbranched alkanes of at least 4 members (excludes halogenated alkanes) is 36. The van der Waals surface area contributed by atoms with Gasteiger partial charge in [-0.3, -0.25) is 0 Å². The van der Waals surface area contributed by atoms with Crippen LogP contribution in [0.5, 0.6) is 0 Å². The highest BCUT2D eigenvalue weighted by molar-refractivity contribution is 8.55. The first-order chi connectivity index (χ1) is 24.7. The van der Waals surface area contributed by atoms with E-state index in [-0.39, 0.29) is 0 Å². The van der Waals surface area contributed by atoms with Crippen LogP contribution in [0.25, 0.3) is 0 Å². The molecule has 0 amide bonds. The van der Waals surface area contributed by atoms with E-state index in [4.69, 9.17) is 9.05 Å². The van der Waals surface area contributed by atoms with Crippen LogP contribution in [-0.2, 0) is 13.6 Å². The molecule has 0 saturated heterocycles. The molecule has 0 radical (unpaired) electrons. The van der Waals surface area contributed by atoms with Crippen molar-refractivity contribution < 1.29 is 13.6 Å². The Balaban J connectivity index is 4.08. The maximum Gasteiger partial charge on any atom is 0.389 e. The second-order valence-corrected chi connectivity index (χ2v) is 19.9. The van der Waals surface area contributed by atoms with Crippen LogP contribution < -0.4 is 0 Å². The lowest BCUT2D eigenvalue weighted by atomic mass is 10.0. The Labute approximate surface area is 320 Å². The predicted molar refractivity (Wildman–Crippen MR) is 229 cm³/mol. The zero-order valence-electron chi connectivity index (χ0n) is 34.8. The van der Waals surface area contributed by atoms with Gasteiger partial charge in [0.1, 0.15) is 0 Å². The van der Waals surface area contributed by atoms with Crippen LogP contribution in [0.4, 0.5) is 0 Å². The Morgan fingerprint density at radius 1 is 0.300 bits per heavy atom. The van der Waals surface area contributed by atoms with Crippen LogP contribution in [0.15, 0.2) is 0 Å². The fourth-order valence-corrected chi connectivity index (χ4v) is 10.4. The number of rotatable bonds is 45. The van der Waals surface area contributed by atoms with E-state index in [0.29, 0.717) is 13.2 Å². The van der Waals surface area contributed by atoms with Crippen molar-refractivity contribution in [2.75, 3.05) is 19.0 Å². The van der Waals surface area contributed by atoms with Gasteiger partial charge in [0.05, 0.1) is 13.2 Å². The maximum absolute atomic E-state index is 13.7. The van der Waals surface area contributed by atoms with Crippen molar-refractivity contribution in [3.05, 3.63) is 0 Å². The minimum Gasteiger partial charge on any atom is -0.301 e. The molecule has 0 aliphatic heterocycles. The summed E-state index contributed by atoms with van der Waals surface area (Å²) >= 11 is 1.49. The van der Waals surface area contributed by atoms with Gasteiger partial charge < -0.3 is 9.05 Å². The fraction of sp³-hybridized carbons (Fsp3) is 1.00. The second-order valence-electron chi connectivity index (χ2n) is 15.7. The lowest BCUT2D eigenvalue weighted by molar-refractivity contribution is 0.212. The first-order valence-corrected chi connectivity index (χ1v) is 26.4. The molecule has 0 N–H and O–H groups in total. The molecule has 0 spiro atoms. The molecule has 0 aliphatic rings. The molecule has 0 aromatic heterocycles. The second kappa shape index (κ2) is 43.9. The maximum atomic E-state index is 13.7. The lowest BCUT2D eigenvalue weighted by Gasteiger charge is -2.18.